The minimum absolute atomic E-state index is 0.331. The molecule has 0 radical (unpaired) electrons. The van der Waals surface area contributed by atoms with Crippen LogP contribution in [-0.4, -0.2) is 7.28 Å². The second kappa shape index (κ2) is 5.86. The molecule has 0 spiro atoms. The molecule has 0 bridgehead atoms. The van der Waals surface area contributed by atoms with Gasteiger partial charge in [-0.3, -0.25) is 0 Å². The van der Waals surface area contributed by atoms with E-state index in [1.807, 2.05) is 0 Å². The number of hydrogen-bond acceptors (Lipinski definition) is 0. The van der Waals surface area contributed by atoms with Crippen LogP contribution in [0.25, 0.3) is 0 Å². The van der Waals surface area contributed by atoms with Crippen LogP contribution in [0.15, 0.2) is 0 Å². The SMILES string of the molecule is Cc1c(C)c(F)c(Bc2c(F)c(F)c(F)c(F)c2F)c(F)c1F. The molecular weight excluding hydrogens is 331 g/mol. The van der Waals surface area contributed by atoms with Crippen molar-refractivity contribution in [2.24, 2.45) is 0 Å². The molecule has 2 aromatic rings. The highest BCUT2D eigenvalue weighted by atomic mass is 19.2. The minimum atomic E-state index is -2.39. The maximum absolute atomic E-state index is 14.0. The lowest BCUT2D eigenvalue weighted by molar-refractivity contribution is 0.384. The van der Waals surface area contributed by atoms with Gasteiger partial charge in [0.2, 0.25) is 7.28 Å². The van der Waals surface area contributed by atoms with Crippen LogP contribution < -0.4 is 10.9 Å². The minimum Gasteiger partial charge on any atom is -0.207 e. The fourth-order valence-corrected chi connectivity index (χ4v) is 2.09. The molecular formula is C14H7BF8. The second-order valence-electron chi connectivity index (χ2n) is 4.90. The lowest BCUT2D eigenvalue weighted by atomic mass is 9.62. The van der Waals surface area contributed by atoms with Crippen LogP contribution in [0.5, 0.6) is 0 Å². The Morgan fingerprint density at radius 1 is 0.435 bits per heavy atom. The molecule has 23 heavy (non-hydrogen) atoms. The van der Waals surface area contributed by atoms with Crippen LogP contribution in [0.3, 0.4) is 0 Å². The molecule has 2 aromatic carbocycles. The normalized spacial score (nSPS) is 11.0. The van der Waals surface area contributed by atoms with Gasteiger partial charge >= 0.3 is 0 Å². The molecule has 0 aliphatic rings. The quantitative estimate of drug-likeness (QED) is 0.342. The molecule has 122 valence electrons. The van der Waals surface area contributed by atoms with Crippen LogP contribution in [0.4, 0.5) is 35.1 Å². The average molecular weight is 338 g/mol. The highest BCUT2D eigenvalue weighted by molar-refractivity contribution is 6.67. The molecule has 0 fully saturated rings. The Hall–Kier alpha value is -2.06. The van der Waals surface area contributed by atoms with Gasteiger partial charge < -0.3 is 0 Å². The van der Waals surface area contributed by atoms with Gasteiger partial charge in [0.1, 0.15) is 5.82 Å². The van der Waals surface area contributed by atoms with E-state index in [0.29, 0.717) is 0 Å². The van der Waals surface area contributed by atoms with Crippen molar-refractivity contribution in [3.8, 4) is 0 Å². The summed E-state index contributed by atoms with van der Waals surface area (Å²) >= 11 is 0. The van der Waals surface area contributed by atoms with Crippen LogP contribution in [-0.2, 0) is 0 Å². The third-order valence-electron chi connectivity index (χ3n) is 3.60. The molecule has 0 atom stereocenters. The summed E-state index contributed by atoms with van der Waals surface area (Å²) in [5, 5.41) is 0. The summed E-state index contributed by atoms with van der Waals surface area (Å²) in [5.74, 6) is -15.8. The first-order chi connectivity index (χ1) is 10.6. The Labute approximate surface area is 126 Å². The zero-order valence-corrected chi connectivity index (χ0v) is 11.7. The first-order valence-electron chi connectivity index (χ1n) is 6.22. The van der Waals surface area contributed by atoms with Gasteiger partial charge in [0.25, 0.3) is 0 Å². The summed E-state index contributed by atoms with van der Waals surface area (Å²) in [6, 6.07) is 0. The molecule has 0 nitrogen and oxygen atoms in total. The van der Waals surface area contributed by atoms with Gasteiger partial charge in [-0.2, -0.15) is 0 Å². The van der Waals surface area contributed by atoms with Gasteiger partial charge in [0.15, 0.2) is 40.7 Å². The van der Waals surface area contributed by atoms with E-state index in [1.165, 1.54) is 0 Å². The lowest BCUT2D eigenvalue weighted by Crippen LogP contribution is -2.39. The third kappa shape index (κ3) is 2.57. The van der Waals surface area contributed by atoms with E-state index < -0.39 is 64.7 Å². The summed E-state index contributed by atoms with van der Waals surface area (Å²) in [6.45, 7) is 2.17. The maximum atomic E-state index is 14.0. The molecule has 0 aromatic heterocycles. The summed E-state index contributed by atoms with van der Waals surface area (Å²) in [6.07, 6.45) is 0. The van der Waals surface area contributed by atoms with Gasteiger partial charge in [0.05, 0.1) is 0 Å². The standard InChI is InChI=1S/C14H7BF8/c1-3-4(2)8(17)9(18)5(7(3)16)15-6-10(19)12(21)14(23)13(22)11(6)20/h15H,1-2H3. The van der Waals surface area contributed by atoms with E-state index in [9.17, 15) is 35.1 Å². The first kappa shape index (κ1) is 17.3. The third-order valence-corrected chi connectivity index (χ3v) is 3.60. The van der Waals surface area contributed by atoms with E-state index in [1.54, 1.807) is 0 Å². The van der Waals surface area contributed by atoms with Gasteiger partial charge in [0, 0.05) is 0 Å². The van der Waals surface area contributed by atoms with Gasteiger partial charge in [-0.25, -0.2) is 35.1 Å². The number of halogens is 8. The smallest absolute Gasteiger partial charge is 0.207 e. The van der Waals surface area contributed by atoms with Crippen molar-refractivity contribution in [3.63, 3.8) is 0 Å². The Kier molecular flexibility index (Phi) is 4.41. The van der Waals surface area contributed by atoms with E-state index in [0.717, 1.165) is 13.8 Å². The van der Waals surface area contributed by atoms with Crippen molar-refractivity contribution in [1.82, 2.24) is 0 Å². The summed E-state index contributed by atoms with van der Waals surface area (Å²) in [5.41, 5.74) is -3.25. The Bertz CT molecular complexity index is 690. The van der Waals surface area contributed by atoms with Crippen molar-refractivity contribution in [1.29, 1.82) is 0 Å². The topological polar surface area (TPSA) is 0 Å². The molecule has 0 aliphatic heterocycles. The summed E-state index contributed by atoms with van der Waals surface area (Å²) in [7, 11) is -1.33. The number of hydrogen-bond donors (Lipinski definition) is 0. The van der Waals surface area contributed by atoms with E-state index in [2.05, 4.69) is 0 Å². The zero-order chi connectivity index (χ0) is 17.6. The van der Waals surface area contributed by atoms with E-state index >= 15 is 0 Å². The van der Waals surface area contributed by atoms with E-state index in [4.69, 9.17) is 0 Å². The first-order valence-corrected chi connectivity index (χ1v) is 6.22. The molecule has 0 saturated heterocycles. The molecule has 0 unspecified atom stereocenters. The van der Waals surface area contributed by atoms with Gasteiger partial charge in [-0.05, 0) is 35.9 Å². The fraction of sp³-hybridized carbons (Fsp3) is 0.143. The molecule has 0 amide bonds. The van der Waals surface area contributed by atoms with Crippen molar-refractivity contribution >= 4 is 18.2 Å². The van der Waals surface area contributed by atoms with Crippen LogP contribution in [0.1, 0.15) is 11.1 Å². The molecule has 9 heteroatoms. The summed E-state index contributed by atoms with van der Waals surface area (Å²) < 4.78 is 108. The van der Waals surface area contributed by atoms with Crippen LogP contribution in [0.2, 0.25) is 0 Å². The molecule has 0 saturated carbocycles. The fourth-order valence-electron chi connectivity index (χ4n) is 2.09. The molecule has 0 aliphatic carbocycles. The highest BCUT2D eigenvalue weighted by Crippen LogP contribution is 2.19. The van der Waals surface area contributed by atoms with Crippen molar-refractivity contribution in [2.75, 3.05) is 0 Å². The zero-order valence-electron chi connectivity index (χ0n) is 11.7. The lowest BCUT2D eigenvalue weighted by Gasteiger charge is -2.12. The molecule has 0 heterocycles. The molecule has 2 rings (SSSR count). The van der Waals surface area contributed by atoms with Gasteiger partial charge in [-0.1, -0.05) is 0 Å². The Morgan fingerprint density at radius 3 is 1.22 bits per heavy atom. The average Bonchev–Trinajstić information content (AvgIpc) is 2.54. The number of benzene rings is 2. The molecule has 0 N–H and O–H groups in total. The Balaban J connectivity index is 2.71. The predicted octanol–water partition coefficient (Wildman–Crippen LogP) is 2.80. The van der Waals surface area contributed by atoms with Crippen LogP contribution in [0, 0.1) is 60.4 Å². The maximum Gasteiger partial charge on any atom is 0.208 e. The highest BCUT2D eigenvalue weighted by Gasteiger charge is 2.29. The van der Waals surface area contributed by atoms with Crippen molar-refractivity contribution in [2.45, 2.75) is 13.8 Å². The largest absolute Gasteiger partial charge is 0.208 e. The van der Waals surface area contributed by atoms with Crippen molar-refractivity contribution < 1.29 is 35.1 Å². The van der Waals surface area contributed by atoms with E-state index in [-0.39, 0.29) is 11.1 Å². The Morgan fingerprint density at radius 2 is 0.739 bits per heavy atom. The summed E-state index contributed by atoms with van der Waals surface area (Å²) in [4.78, 5) is 0. The number of rotatable bonds is 2. The van der Waals surface area contributed by atoms with Gasteiger partial charge in [-0.15, -0.1) is 0 Å². The monoisotopic (exact) mass is 338 g/mol. The van der Waals surface area contributed by atoms with Crippen LogP contribution >= 0.6 is 0 Å². The predicted molar refractivity (Wildman–Crippen MR) is 68.4 cm³/mol. The second-order valence-corrected chi connectivity index (χ2v) is 4.90. The van der Waals surface area contributed by atoms with Crippen molar-refractivity contribution in [3.05, 3.63) is 57.7 Å².